The fourth-order valence-corrected chi connectivity index (χ4v) is 5.94. The molecule has 7 heteroatoms. The topological polar surface area (TPSA) is 59.4 Å². The first kappa shape index (κ1) is 22.5. The Kier molecular flexibility index (Phi) is 5.88. The number of aryl methyl sites for hydroxylation is 3. The zero-order valence-corrected chi connectivity index (χ0v) is 19.8. The van der Waals surface area contributed by atoms with E-state index in [1.165, 1.54) is 18.3 Å². The van der Waals surface area contributed by atoms with Crippen LogP contribution in [0.15, 0.2) is 51.1 Å². The van der Waals surface area contributed by atoms with Gasteiger partial charge in [-0.1, -0.05) is 13.0 Å². The number of benzene rings is 2. The van der Waals surface area contributed by atoms with E-state index in [4.69, 9.17) is 0 Å². The molecule has 2 heterocycles. The Balaban J connectivity index is 1.91. The van der Waals surface area contributed by atoms with Crippen molar-refractivity contribution in [1.82, 2.24) is 4.57 Å². The van der Waals surface area contributed by atoms with Crippen LogP contribution >= 0.6 is 0 Å². The van der Waals surface area contributed by atoms with Crippen LogP contribution in [0.25, 0.3) is 10.9 Å². The van der Waals surface area contributed by atoms with Gasteiger partial charge in [-0.2, -0.15) is 0 Å². The summed E-state index contributed by atoms with van der Waals surface area (Å²) in [5, 5.41) is 0.0862. The van der Waals surface area contributed by atoms with Gasteiger partial charge in [0.25, 0.3) is 0 Å². The van der Waals surface area contributed by atoms with Crippen molar-refractivity contribution in [3.8, 4) is 0 Å². The minimum atomic E-state index is -4.05. The van der Waals surface area contributed by atoms with Crippen LogP contribution in [0.2, 0.25) is 0 Å². The monoisotopic (exact) mass is 456 g/mol. The Morgan fingerprint density at radius 3 is 2.53 bits per heavy atom. The number of hydrogen-bond acceptors (Lipinski definition) is 4. The van der Waals surface area contributed by atoms with E-state index in [0.717, 1.165) is 37.1 Å². The summed E-state index contributed by atoms with van der Waals surface area (Å²) in [4.78, 5) is 15.1. The SMILES string of the molecule is CCn1cc(S(=O)(=O)c2ccc(C)c(C)c2)c(=O)c2cc(F)c(N3CCC[C@H](C)C3)cc21. The van der Waals surface area contributed by atoms with Crippen LogP contribution < -0.4 is 10.3 Å². The van der Waals surface area contributed by atoms with Crippen molar-refractivity contribution in [1.29, 1.82) is 0 Å². The first-order chi connectivity index (χ1) is 15.1. The molecular weight excluding hydrogens is 427 g/mol. The van der Waals surface area contributed by atoms with Gasteiger partial charge in [-0.15, -0.1) is 0 Å². The molecule has 5 nitrogen and oxygen atoms in total. The van der Waals surface area contributed by atoms with Crippen molar-refractivity contribution in [2.75, 3.05) is 18.0 Å². The molecule has 0 radical (unpaired) electrons. The van der Waals surface area contributed by atoms with Crippen LogP contribution in [-0.4, -0.2) is 26.1 Å². The number of nitrogens with zero attached hydrogens (tertiary/aromatic N) is 2. The largest absolute Gasteiger partial charge is 0.369 e. The minimum absolute atomic E-state index is 0.0686. The number of sulfone groups is 1. The maximum Gasteiger partial charge on any atom is 0.211 e. The van der Waals surface area contributed by atoms with Gasteiger partial charge in [-0.05, 0) is 74.9 Å². The van der Waals surface area contributed by atoms with Gasteiger partial charge in [0.15, 0.2) is 0 Å². The Labute approximate surface area is 188 Å². The number of halogens is 1. The summed E-state index contributed by atoms with van der Waals surface area (Å²) in [6, 6.07) is 7.72. The number of anilines is 1. The van der Waals surface area contributed by atoms with Crippen molar-refractivity contribution >= 4 is 26.4 Å². The second kappa shape index (κ2) is 8.35. The van der Waals surface area contributed by atoms with Crippen LogP contribution in [-0.2, 0) is 16.4 Å². The lowest BCUT2D eigenvalue weighted by molar-refractivity contribution is 0.442. The molecule has 1 fully saturated rings. The highest BCUT2D eigenvalue weighted by molar-refractivity contribution is 7.91. The van der Waals surface area contributed by atoms with Gasteiger partial charge < -0.3 is 9.47 Å². The molecule has 0 aliphatic carbocycles. The quantitative estimate of drug-likeness (QED) is 0.563. The van der Waals surface area contributed by atoms with Gasteiger partial charge in [0.2, 0.25) is 15.3 Å². The summed E-state index contributed by atoms with van der Waals surface area (Å²) in [7, 11) is -4.05. The third-order valence-electron chi connectivity index (χ3n) is 6.53. The molecule has 4 rings (SSSR count). The van der Waals surface area contributed by atoms with Crippen LogP contribution in [0.5, 0.6) is 0 Å². The molecule has 170 valence electrons. The number of hydrogen-bond donors (Lipinski definition) is 0. The molecule has 1 aliphatic rings. The molecule has 1 atom stereocenters. The Morgan fingerprint density at radius 2 is 1.88 bits per heavy atom. The van der Waals surface area contributed by atoms with Gasteiger partial charge in [-0.3, -0.25) is 4.79 Å². The number of rotatable bonds is 4. The summed E-state index contributed by atoms with van der Waals surface area (Å²) in [6.07, 6.45) is 3.51. The summed E-state index contributed by atoms with van der Waals surface area (Å²) >= 11 is 0. The van der Waals surface area contributed by atoms with Gasteiger partial charge >= 0.3 is 0 Å². The Hall–Kier alpha value is -2.67. The number of piperidine rings is 1. The van der Waals surface area contributed by atoms with Crippen LogP contribution in [0.1, 0.15) is 37.8 Å². The molecule has 1 saturated heterocycles. The molecule has 0 amide bonds. The second-order valence-electron chi connectivity index (χ2n) is 8.87. The Morgan fingerprint density at radius 1 is 1.12 bits per heavy atom. The van der Waals surface area contributed by atoms with Crippen molar-refractivity contribution in [3.63, 3.8) is 0 Å². The highest BCUT2D eigenvalue weighted by Crippen LogP contribution is 2.30. The smallest absolute Gasteiger partial charge is 0.211 e. The first-order valence-corrected chi connectivity index (χ1v) is 12.6. The fraction of sp³-hybridized carbons (Fsp3) is 0.400. The van der Waals surface area contributed by atoms with E-state index in [2.05, 4.69) is 6.92 Å². The van der Waals surface area contributed by atoms with Gasteiger partial charge in [0.1, 0.15) is 10.7 Å². The van der Waals surface area contributed by atoms with Crippen molar-refractivity contribution in [2.45, 2.75) is 56.9 Å². The van der Waals surface area contributed by atoms with Gasteiger partial charge in [0, 0.05) is 25.8 Å². The lowest BCUT2D eigenvalue weighted by Crippen LogP contribution is -2.35. The molecule has 32 heavy (non-hydrogen) atoms. The molecule has 0 unspecified atom stereocenters. The van der Waals surface area contributed by atoms with Crippen molar-refractivity contribution in [3.05, 3.63) is 63.7 Å². The van der Waals surface area contributed by atoms with E-state index in [1.807, 2.05) is 25.7 Å². The normalized spacial score (nSPS) is 17.2. The summed E-state index contributed by atoms with van der Waals surface area (Å²) in [6.45, 7) is 9.74. The molecule has 1 aliphatic heterocycles. The Bertz CT molecular complexity index is 1360. The molecule has 2 aromatic carbocycles. The molecule has 0 N–H and O–H groups in total. The highest BCUT2D eigenvalue weighted by atomic mass is 32.2. The summed E-state index contributed by atoms with van der Waals surface area (Å²) in [5.41, 5.74) is 2.14. The summed E-state index contributed by atoms with van der Waals surface area (Å²) < 4.78 is 43.6. The van der Waals surface area contributed by atoms with E-state index in [9.17, 15) is 13.2 Å². The molecule has 0 spiro atoms. The van der Waals surface area contributed by atoms with E-state index >= 15 is 4.39 Å². The third kappa shape index (κ3) is 3.83. The first-order valence-electron chi connectivity index (χ1n) is 11.1. The van der Waals surface area contributed by atoms with Crippen LogP contribution in [0.4, 0.5) is 10.1 Å². The standard InChI is InChI=1S/C25H29FN2O3S/c1-5-27-15-24(32(30,31)19-9-8-17(3)18(4)11-19)25(29)20-12-21(26)23(13-22(20)27)28-10-6-7-16(2)14-28/h8-9,11-13,15-16H,5-7,10,14H2,1-4H3/t16-/m0/s1. The zero-order valence-electron chi connectivity index (χ0n) is 19.0. The molecule has 0 bridgehead atoms. The number of fused-ring (bicyclic) bond motifs is 1. The average molecular weight is 457 g/mol. The lowest BCUT2D eigenvalue weighted by Gasteiger charge is -2.33. The number of aromatic nitrogens is 1. The molecule has 1 aromatic heterocycles. The van der Waals surface area contributed by atoms with Gasteiger partial charge in [-0.25, -0.2) is 12.8 Å². The molecular formula is C25H29FN2O3S. The average Bonchev–Trinajstić information content (AvgIpc) is 2.75. The minimum Gasteiger partial charge on any atom is -0.369 e. The van der Waals surface area contributed by atoms with E-state index < -0.39 is 21.1 Å². The van der Waals surface area contributed by atoms with Crippen molar-refractivity contribution in [2.24, 2.45) is 5.92 Å². The fourth-order valence-electron chi connectivity index (χ4n) is 4.48. The van der Waals surface area contributed by atoms with Crippen LogP contribution in [0.3, 0.4) is 0 Å². The zero-order chi connectivity index (χ0) is 23.2. The maximum atomic E-state index is 15.2. The predicted molar refractivity (Wildman–Crippen MR) is 126 cm³/mol. The third-order valence-corrected chi connectivity index (χ3v) is 8.28. The van der Waals surface area contributed by atoms with Gasteiger partial charge in [0.05, 0.1) is 21.5 Å². The highest BCUT2D eigenvalue weighted by Gasteiger charge is 2.26. The lowest BCUT2D eigenvalue weighted by atomic mass is 9.99. The van der Waals surface area contributed by atoms with Crippen molar-refractivity contribution < 1.29 is 12.8 Å². The number of pyridine rings is 1. The maximum absolute atomic E-state index is 15.2. The molecule has 0 saturated carbocycles. The van der Waals surface area contributed by atoms with E-state index in [0.29, 0.717) is 23.7 Å². The van der Waals surface area contributed by atoms with Crippen LogP contribution in [0, 0.1) is 25.6 Å². The van der Waals surface area contributed by atoms with E-state index in [1.54, 1.807) is 22.8 Å². The second-order valence-corrected chi connectivity index (χ2v) is 10.8. The summed E-state index contributed by atoms with van der Waals surface area (Å²) in [5.74, 6) is -0.0234. The predicted octanol–water partition coefficient (Wildman–Crippen LogP) is 4.85. The van der Waals surface area contributed by atoms with E-state index in [-0.39, 0.29) is 15.2 Å². The molecule has 3 aromatic rings.